The fourth-order valence-electron chi connectivity index (χ4n) is 0.646. The molecule has 0 saturated heterocycles. The summed E-state index contributed by atoms with van der Waals surface area (Å²) >= 11 is 0.653. The minimum Gasteiger partial charge on any atom is -0.550 e. The molecule has 1 heterocycles. The summed E-state index contributed by atoms with van der Waals surface area (Å²) in [6.45, 7) is 0. The van der Waals surface area contributed by atoms with Gasteiger partial charge in [-0.3, -0.25) is 0 Å². The molecule has 0 aliphatic heterocycles. The molecule has 72 valence electrons. The van der Waals surface area contributed by atoms with E-state index in [1.54, 1.807) is 0 Å². The number of carbonyl (C=O) groups is 1. The number of hydrogen-bond donors (Lipinski definition) is 0. The van der Waals surface area contributed by atoms with E-state index in [-0.39, 0.29) is 34.6 Å². The number of nitrogens with zero attached hydrogens (tertiary/aromatic N) is 1. The minimum atomic E-state index is -4.51. The number of halogens is 3. The third-order valence-electron chi connectivity index (χ3n) is 1.14. The fraction of sp³-hybridized carbons (Fsp3) is 0.333. The molecule has 0 saturated carbocycles. The number of carboxylic acid groups (broad SMARTS) is 1. The summed E-state index contributed by atoms with van der Waals surface area (Å²) < 4.78 is 35.8. The maximum Gasteiger partial charge on any atom is 1.00 e. The fourth-order valence-corrected chi connectivity index (χ4v) is 1.43. The average Bonchev–Trinajstić information content (AvgIpc) is 2.32. The van der Waals surface area contributed by atoms with Crippen molar-refractivity contribution in [1.82, 2.24) is 4.98 Å². The second-order valence-electron chi connectivity index (χ2n) is 2.17. The Kier molecular flexibility index (Phi) is 5.07. The molecule has 0 amide bonds. The van der Waals surface area contributed by atoms with Gasteiger partial charge in [-0.1, -0.05) is 0 Å². The summed E-state index contributed by atoms with van der Waals surface area (Å²) in [7, 11) is 0. The molecule has 1 aromatic rings. The minimum absolute atomic E-state index is 0. The van der Waals surface area contributed by atoms with Crippen molar-refractivity contribution in [2.24, 2.45) is 0 Å². The first-order valence-corrected chi connectivity index (χ1v) is 3.99. The topological polar surface area (TPSA) is 53.0 Å². The van der Waals surface area contributed by atoms with Crippen molar-refractivity contribution >= 4 is 17.3 Å². The predicted octanol–water partition coefficient (Wildman–Crippen LogP) is -2.54. The van der Waals surface area contributed by atoms with E-state index < -0.39 is 24.3 Å². The SMILES string of the molecule is O=C([O-])Cc1nc(C(F)(F)F)cs1.[Na+]. The van der Waals surface area contributed by atoms with E-state index in [9.17, 15) is 23.1 Å². The number of carbonyl (C=O) groups excluding carboxylic acids is 1. The van der Waals surface area contributed by atoms with E-state index in [1.807, 2.05) is 0 Å². The van der Waals surface area contributed by atoms with Crippen LogP contribution in [0.25, 0.3) is 0 Å². The van der Waals surface area contributed by atoms with E-state index >= 15 is 0 Å². The van der Waals surface area contributed by atoms with Crippen molar-refractivity contribution in [3.8, 4) is 0 Å². The van der Waals surface area contributed by atoms with Gasteiger partial charge in [-0.25, -0.2) is 4.98 Å². The first-order valence-electron chi connectivity index (χ1n) is 3.11. The Morgan fingerprint density at radius 2 is 2.14 bits per heavy atom. The molecular formula is C6H3F3NNaO2S. The van der Waals surface area contributed by atoms with Crippen LogP contribution in [0.3, 0.4) is 0 Å². The Labute approximate surface area is 103 Å². The molecule has 1 rings (SSSR count). The number of carboxylic acids is 1. The van der Waals surface area contributed by atoms with Gasteiger partial charge in [-0.05, 0) is 0 Å². The molecule has 0 aromatic carbocycles. The molecule has 0 aliphatic carbocycles. The van der Waals surface area contributed by atoms with Gasteiger partial charge in [-0.15, -0.1) is 11.3 Å². The van der Waals surface area contributed by atoms with Crippen LogP contribution in [-0.4, -0.2) is 11.0 Å². The Bertz CT molecular complexity index is 325. The van der Waals surface area contributed by atoms with Gasteiger partial charge in [0.05, 0.1) is 5.01 Å². The molecular weight excluding hydrogens is 230 g/mol. The van der Waals surface area contributed by atoms with Crippen LogP contribution >= 0.6 is 11.3 Å². The second kappa shape index (κ2) is 5.11. The quantitative estimate of drug-likeness (QED) is 0.529. The largest absolute Gasteiger partial charge is 1.00 e. The van der Waals surface area contributed by atoms with Gasteiger partial charge in [0, 0.05) is 17.8 Å². The van der Waals surface area contributed by atoms with Crippen LogP contribution < -0.4 is 34.7 Å². The Morgan fingerprint density at radius 3 is 2.50 bits per heavy atom. The third kappa shape index (κ3) is 3.95. The Balaban J connectivity index is 0.00000169. The van der Waals surface area contributed by atoms with Crippen molar-refractivity contribution in [2.75, 3.05) is 0 Å². The van der Waals surface area contributed by atoms with Crippen molar-refractivity contribution in [1.29, 1.82) is 0 Å². The van der Waals surface area contributed by atoms with Crippen molar-refractivity contribution in [2.45, 2.75) is 12.6 Å². The van der Waals surface area contributed by atoms with E-state index in [1.165, 1.54) is 0 Å². The average molecular weight is 233 g/mol. The second-order valence-corrected chi connectivity index (χ2v) is 3.12. The van der Waals surface area contributed by atoms with Crippen molar-refractivity contribution in [3.63, 3.8) is 0 Å². The number of alkyl halides is 3. The molecule has 3 nitrogen and oxygen atoms in total. The summed E-state index contributed by atoms with van der Waals surface area (Å²) in [5.41, 5.74) is -1.06. The summed E-state index contributed by atoms with van der Waals surface area (Å²) in [4.78, 5) is 13.1. The van der Waals surface area contributed by atoms with Crippen molar-refractivity contribution in [3.05, 3.63) is 16.1 Å². The van der Waals surface area contributed by atoms with Gasteiger partial charge in [-0.2, -0.15) is 13.2 Å². The number of rotatable bonds is 2. The van der Waals surface area contributed by atoms with Crippen LogP contribution in [0.5, 0.6) is 0 Å². The molecule has 0 atom stereocenters. The molecule has 0 aliphatic rings. The van der Waals surface area contributed by atoms with Crippen LogP contribution in [-0.2, 0) is 17.4 Å². The zero-order valence-electron chi connectivity index (χ0n) is 7.09. The molecule has 0 unspecified atom stereocenters. The van der Waals surface area contributed by atoms with Gasteiger partial charge in [0.2, 0.25) is 0 Å². The number of hydrogen-bond acceptors (Lipinski definition) is 4. The Morgan fingerprint density at radius 1 is 1.57 bits per heavy atom. The molecule has 0 fully saturated rings. The summed E-state index contributed by atoms with van der Waals surface area (Å²) in [5, 5.41) is 10.7. The maximum atomic E-state index is 11.9. The number of aliphatic carboxylic acids is 1. The van der Waals surface area contributed by atoms with E-state index in [4.69, 9.17) is 0 Å². The van der Waals surface area contributed by atoms with E-state index in [0.29, 0.717) is 11.3 Å². The monoisotopic (exact) mass is 233 g/mol. The van der Waals surface area contributed by atoms with Crippen LogP contribution in [0.2, 0.25) is 0 Å². The normalized spacial score (nSPS) is 10.8. The van der Waals surface area contributed by atoms with Gasteiger partial charge in [0.1, 0.15) is 0 Å². The smallest absolute Gasteiger partial charge is 0.550 e. The zero-order chi connectivity index (χ0) is 10.1. The predicted molar refractivity (Wildman–Crippen MR) is 35.8 cm³/mol. The molecule has 0 radical (unpaired) electrons. The van der Waals surface area contributed by atoms with Gasteiger partial charge < -0.3 is 9.90 Å². The molecule has 0 bridgehead atoms. The van der Waals surface area contributed by atoms with Crippen molar-refractivity contribution < 1.29 is 52.6 Å². The molecule has 0 spiro atoms. The van der Waals surface area contributed by atoms with Gasteiger partial charge in [0.25, 0.3) is 0 Å². The van der Waals surface area contributed by atoms with E-state index in [2.05, 4.69) is 4.98 Å². The standard InChI is InChI=1S/C6H4F3NO2S.Na/c7-6(8,9)3-2-13-4(10-3)1-5(11)12;/h2H,1H2,(H,11,12);/q;+1/p-1. The van der Waals surface area contributed by atoms with E-state index in [0.717, 1.165) is 5.38 Å². The third-order valence-corrected chi connectivity index (χ3v) is 1.99. The molecule has 0 N–H and O–H groups in total. The maximum absolute atomic E-state index is 11.9. The van der Waals surface area contributed by atoms with Gasteiger partial charge in [0.15, 0.2) is 5.69 Å². The van der Waals surface area contributed by atoms with Crippen LogP contribution in [0.15, 0.2) is 5.38 Å². The number of aromatic nitrogens is 1. The summed E-state index contributed by atoms with van der Waals surface area (Å²) in [5.74, 6) is -1.44. The van der Waals surface area contributed by atoms with Crippen LogP contribution in [0.4, 0.5) is 13.2 Å². The molecule has 1 aromatic heterocycles. The zero-order valence-corrected chi connectivity index (χ0v) is 9.91. The van der Waals surface area contributed by atoms with Gasteiger partial charge >= 0.3 is 35.7 Å². The van der Waals surface area contributed by atoms with Crippen LogP contribution in [0, 0.1) is 0 Å². The first-order chi connectivity index (χ1) is 5.89. The van der Waals surface area contributed by atoms with Crippen LogP contribution in [0.1, 0.15) is 10.7 Å². The Hall–Kier alpha value is -0.110. The molecule has 8 heteroatoms. The summed E-state index contributed by atoms with van der Waals surface area (Å²) in [6.07, 6.45) is -5.10. The summed E-state index contributed by atoms with van der Waals surface area (Å²) in [6, 6.07) is 0. The molecule has 14 heavy (non-hydrogen) atoms. The first kappa shape index (κ1) is 13.9. The number of thiazole rings is 1.